The second kappa shape index (κ2) is 6.76. The smallest absolute Gasteiger partial charge is 0.306 e. The van der Waals surface area contributed by atoms with Gasteiger partial charge in [0.1, 0.15) is 5.69 Å². The molecular formula is C15H22N2O4. The summed E-state index contributed by atoms with van der Waals surface area (Å²) >= 11 is 0. The van der Waals surface area contributed by atoms with Crippen LogP contribution in [0.2, 0.25) is 0 Å². The monoisotopic (exact) mass is 294 g/mol. The summed E-state index contributed by atoms with van der Waals surface area (Å²) < 4.78 is 10.7. The van der Waals surface area contributed by atoms with Gasteiger partial charge in [-0.1, -0.05) is 0 Å². The van der Waals surface area contributed by atoms with E-state index in [0.717, 1.165) is 12.2 Å². The van der Waals surface area contributed by atoms with E-state index in [2.05, 4.69) is 16.8 Å². The number of aromatic nitrogens is 1. The van der Waals surface area contributed by atoms with Crippen LogP contribution in [-0.4, -0.2) is 47.8 Å². The minimum atomic E-state index is -0.696. The fourth-order valence-corrected chi connectivity index (χ4v) is 2.84. The maximum absolute atomic E-state index is 11.1. The summed E-state index contributed by atoms with van der Waals surface area (Å²) in [6.45, 7) is 3.44. The number of likely N-dealkylation sites (tertiary alicyclic amines) is 1. The molecule has 1 aliphatic rings. The van der Waals surface area contributed by atoms with Crippen LogP contribution in [-0.2, 0) is 11.3 Å². The van der Waals surface area contributed by atoms with Crippen LogP contribution in [0.4, 0.5) is 0 Å². The second-order valence-corrected chi connectivity index (χ2v) is 5.37. The molecule has 116 valence electrons. The third-order valence-electron chi connectivity index (χ3n) is 4.08. The number of carbonyl (C=O) groups is 1. The number of methoxy groups -OCH3 is 2. The Morgan fingerprint density at radius 1 is 1.48 bits per heavy atom. The van der Waals surface area contributed by atoms with E-state index >= 15 is 0 Å². The number of nitrogens with zero attached hydrogens (tertiary/aromatic N) is 2. The average molecular weight is 294 g/mol. The molecule has 2 unspecified atom stereocenters. The minimum absolute atomic E-state index is 0.206. The lowest BCUT2D eigenvalue weighted by molar-refractivity contribution is -0.144. The van der Waals surface area contributed by atoms with Gasteiger partial charge in [0.05, 0.1) is 20.1 Å². The molecule has 6 nitrogen and oxygen atoms in total. The fourth-order valence-electron chi connectivity index (χ4n) is 2.84. The highest BCUT2D eigenvalue weighted by Crippen LogP contribution is 2.32. The first-order valence-electron chi connectivity index (χ1n) is 7.09. The van der Waals surface area contributed by atoms with Crippen molar-refractivity contribution >= 4 is 5.97 Å². The predicted molar refractivity (Wildman–Crippen MR) is 77.6 cm³/mol. The first-order chi connectivity index (χ1) is 10.1. The third-order valence-corrected chi connectivity index (χ3v) is 4.08. The molecule has 1 saturated heterocycles. The molecule has 0 spiro atoms. The van der Waals surface area contributed by atoms with E-state index < -0.39 is 5.97 Å². The summed E-state index contributed by atoms with van der Waals surface area (Å²) in [5.41, 5.74) is 0.817. The van der Waals surface area contributed by atoms with Gasteiger partial charge in [-0.3, -0.25) is 14.7 Å². The highest BCUT2D eigenvalue weighted by Gasteiger charge is 2.30. The molecule has 1 aliphatic heterocycles. The first kappa shape index (κ1) is 15.6. The van der Waals surface area contributed by atoms with Crippen LogP contribution in [0, 0.1) is 5.92 Å². The van der Waals surface area contributed by atoms with Crippen molar-refractivity contribution in [2.75, 3.05) is 20.8 Å². The van der Waals surface area contributed by atoms with Crippen molar-refractivity contribution < 1.29 is 19.4 Å². The summed E-state index contributed by atoms with van der Waals surface area (Å²) in [7, 11) is 3.20. The van der Waals surface area contributed by atoms with Gasteiger partial charge in [0.15, 0.2) is 11.5 Å². The normalized spacial score (nSPS) is 22.8. The Kier molecular flexibility index (Phi) is 5.01. The van der Waals surface area contributed by atoms with E-state index in [0.29, 0.717) is 30.9 Å². The molecule has 1 aromatic rings. The lowest BCUT2D eigenvalue weighted by Gasteiger charge is -2.36. The summed E-state index contributed by atoms with van der Waals surface area (Å²) in [6, 6.07) is 1.97. The van der Waals surface area contributed by atoms with Crippen LogP contribution in [0.25, 0.3) is 0 Å². The van der Waals surface area contributed by atoms with Crippen LogP contribution < -0.4 is 9.47 Å². The van der Waals surface area contributed by atoms with Gasteiger partial charge in [0, 0.05) is 24.8 Å². The molecule has 6 heteroatoms. The average Bonchev–Trinajstić information content (AvgIpc) is 2.48. The minimum Gasteiger partial charge on any atom is -0.493 e. The van der Waals surface area contributed by atoms with Crippen LogP contribution in [0.5, 0.6) is 11.5 Å². The predicted octanol–water partition coefficient (Wildman–Crippen LogP) is 1.78. The molecule has 1 aromatic heterocycles. The van der Waals surface area contributed by atoms with Gasteiger partial charge in [-0.15, -0.1) is 0 Å². The van der Waals surface area contributed by atoms with Crippen LogP contribution in [0.1, 0.15) is 25.5 Å². The van der Waals surface area contributed by atoms with Crippen molar-refractivity contribution in [1.82, 2.24) is 9.88 Å². The van der Waals surface area contributed by atoms with Crippen molar-refractivity contribution in [3.8, 4) is 11.5 Å². The lowest BCUT2D eigenvalue weighted by atomic mass is 9.91. The van der Waals surface area contributed by atoms with Gasteiger partial charge in [-0.25, -0.2) is 0 Å². The molecule has 2 atom stereocenters. The SMILES string of the molecule is COc1ccnc(CN2CCC(C(=O)O)CC2C)c1OC. The lowest BCUT2D eigenvalue weighted by Crippen LogP contribution is -2.42. The highest BCUT2D eigenvalue weighted by molar-refractivity contribution is 5.70. The van der Waals surface area contributed by atoms with Crippen molar-refractivity contribution in [1.29, 1.82) is 0 Å². The zero-order chi connectivity index (χ0) is 15.4. The Bertz CT molecular complexity index is 506. The van der Waals surface area contributed by atoms with Crippen molar-refractivity contribution in [3.05, 3.63) is 18.0 Å². The largest absolute Gasteiger partial charge is 0.493 e. The zero-order valence-corrected chi connectivity index (χ0v) is 12.7. The van der Waals surface area contributed by atoms with Gasteiger partial charge in [-0.2, -0.15) is 0 Å². The maximum Gasteiger partial charge on any atom is 0.306 e. The highest BCUT2D eigenvalue weighted by atomic mass is 16.5. The molecule has 0 saturated carbocycles. The van der Waals surface area contributed by atoms with Gasteiger partial charge < -0.3 is 14.6 Å². The Labute approximate surface area is 124 Å². The summed E-state index contributed by atoms with van der Waals surface area (Å²) in [4.78, 5) is 17.7. The molecule has 1 fully saturated rings. The van der Waals surface area contributed by atoms with Gasteiger partial charge in [0.25, 0.3) is 0 Å². The quantitative estimate of drug-likeness (QED) is 0.892. The van der Waals surface area contributed by atoms with Crippen LogP contribution >= 0.6 is 0 Å². The third kappa shape index (κ3) is 3.44. The molecule has 0 aliphatic carbocycles. The number of hydrogen-bond donors (Lipinski definition) is 1. The molecule has 21 heavy (non-hydrogen) atoms. The Morgan fingerprint density at radius 2 is 2.24 bits per heavy atom. The number of carboxylic acids is 1. The van der Waals surface area contributed by atoms with E-state index in [-0.39, 0.29) is 12.0 Å². The summed E-state index contributed by atoms with van der Waals surface area (Å²) in [6.07, 6.45) is 3.04. The standard InChI is InChI=1S/C15H22N2O4/c1-10-8-11(15(18)19)5-7-17(10)9-12-14(21-3)13(20-2)4-6-16-12/h4,6,10-11H,5,7-9H2,1-3H3,(H,18,19). The van der Waals surface area contributed by atoms with Crippen molar-refractivity contribution in [2.24, 2.45) is 5.92 Å². The number of ether oxygens (including phenoxy) is 2. The maximum atomic E-state index is 11.1. The number of aliphatic carboxylic acids is 1. The van der Waals surface area contributed by atoms with E-state index in [1.54, 1.807) is 26.5 Å². The van der Waals surface area contributed by atoms with Gasteiger partial charge in [0.2, 0.25) is 0 Å². The Hall–Kier alpha value is -1.82. The summed E-state index contributed by atoms with van der Waals surface area (Å²) in [5, 5.41) is 9.12. The Morgan fingerprint density at radius 3 is 2.81 bits per heavy atom. The van der Waals surface area contributed by atoms with E-state index in [9.17, 15) is 4.79 Å². The van der Waals surface area contributed by atoms with Crippen LogP contribution in [0.15, 0.2) is 12.3 Å². The topological polar surface area (TPSA) is 71.9 Å². The Balaban J connectivity index is 2.10. The van der Waals surface area contributed by atoms with Crippen molar-refractivity contribution in [3.63, 3.8) is 0 Å². The zero-order valence-electron chi connectivity index (χ0n) is 12.7. The molecule has 2 rings (SSSR count). The number of carboxylic acid groups (broad SMARTS) is 1. The van der Waals surface area contributed by atoms with Crippen molar-refractivity contribution in [2.45, 2.75) is 32.4 Å². The van der Waals surface area contributed by atoms with E-state index in [4.69, 9.17) is 14.6 Å². The van der Waals surface area contributed by atoms with E-state index in [1.165, 1.54) is 0 Å². The van der Waals surface area contributed by atoms with Gasteiger partial charge in [-0.05, 0) is 26.3 Å². The number of piperidine rings is 1. The molecular weight excluding hydrogens is 272 g/mol. The van der Waals surface area contributed by atoms with E-state index in [1.807, 2.05) is 0 Å². The molecule has 1 N–H and O–H groups in total. The number of rotatable bonds is 5. The molecule has 0 radical (unpaired) electrons. The second-order valence-electron chi connectivity index (χ2n) is 5.37. The number of pyridine rings is 1. The molecule has 0 bridgehead atoms. The van der Waals surface area contributed by atoms with Crippen LogP contribution in [0.3, 0.4) is 0 Å². The first-order valence-corrected chi connectivity index (χ1v) is 7.09. The number of hydrogen-bond acceptors (Lipinski definition) is 5. The molecule has 2 heterocycles. The fraction of sp³-hybridized carbons (Fsp3) is 0.600. The molecule has 0 aromatic carbocycles. The summed E-state index contributed by atoms with van der Waals surface area (Å²) in [5.74, 6) is 0.373. The molecule has 0 amide bonds. The van der Waals surface area contributed by atoms with Gasteiger partial charge >= 0.3 is 5.97 Å².